The first-order valence-corrected chi connectivity index (χ1v) is 9.59. The number of nitrogens with one attached hydrogen (secondary N) is 1. The summed E-state index contributed by atoms with van der Waals surface area (Å²) in [5.74, 6) is 0.961. The molecule has 6 nitrogen and oxygen atoms in total. The maximum atomic E-state index is 12.0. The van der Waals surface area contributed by atoms with Gasteiger partial charge in [0.2, 0.25) is 5.91 Å². The van der Waals surface area contributed by atoms with Crippen LogP contribution in [0.5, 0.6) is 11.5 Å². The number of benzene rings is 1. The summed E-state index contributed by atoms with van der Waals surface area (Å²) in [6, 6.07) is 3.79. The molecule has 0 spiro atoms. The van der Waals surface area contributed by atoms with Gasteiger partial charge in [-0.15, -0.1) is 0 Å². The van der Waals surface area contributed by atoms with Gasteiger partial charge in [-0.3, -0.25) is 4.79 Å². The van der Waals surface area contributed by atoms with Crippen LogP contribution in [0.25, 0.3) is 0 Å². The molecule has 1 aliphatic heterocycles. The van der Waals surface area contributed by atoms with E-state index in [1.807, 2.05) is 26.0 Å². The summed E-state index contributed by atoms with van der Waals surface area (Å²) in [5.41, 5.74) is 1.86. The van der Waals surface area contributed by atoms with Gasteiger partial charge in [0.05, 0.1) is 6.61 Å². The maximum absolute atomic E-state index is 12.0. The Balaban J connectivity index is 2.16. The van der Waals surface area contributed by atoms with Crippen LogP contribution < -0.4 is 14.8 Å². The summed E-state index contributed by atoms with van der Waals surface area (Å²) in [5, 5.41) is 1.57. The van der Waals surface area contributed by atoms with Crippen LogP contribution in [0.4, 0.5) is 0 Å². The van der Waals surface area contributed by atoms with Gasteiger partial charge in [-0.1, -0.05) is 0 Å². The summed E-state index contributed by atoms with van der Waals surface area (Å²) in [6.07, 6.45) is 2.00. The van der Waals surface area contributed by atoms with E-state index in [-0.39, 0.29) is 12.6 Å². The molecule has 1 N–H and O–H groups in total. The molecule has 1 heterocycles. The maximum Gasteiger partial charge on any atom is 0.238 e. The lowest BCUT2D eigenvalue weighted by atomic mass is 10.1. The van der Waals surface area contributed by atoms with Gasteiger partial charge in [0.15, 0.2) is 9.84 Å². The summed E-state index contributed by atoms with van der Waals surface area (Å²) < 4.78 is 34.2. The van der Waals surface area contributed by atoms with Crippen LogP contribution in [-0.2, 0) is 27.6 Å². The Bertz CT molecular complexity index is 699. The molecule has 0 aromatic heterocycles. The lowest BCUT2D eigenvalue weighted by Crippen LogP contribution is -2.37. The van der Waals surface area contributed by atoms with Crippen molar-refractivity contribution in [2.24, 2.45) is 0 Å². The van der Waals surface area contributed by atoms with Gasteiger partial charge in [0, 0.05) is 30.3 Å². The van der Waals surface area contributed by atoms with Crippen LogP contribution in [0.3, 0.4) is 0 Å². The van der Waals surface area contributed by atoms with Crippen molar-refractivity contribution in [3.05, 3.63) is 23.3 Å². The molecule has 0 aliphatic carbocycles. The summed E-state index contributed by atoms with van der Waals surface area (Å²) in [7, 11) is -3.41. The number of carbonyl (C=O) groups is 1. The van der Waals surface area contributed by atoms with Crippen LogP contribution in [0, 0.1) is 0 Å². The fourth-order valence-electron chi connectivity index (χ4n) is 2.43. The Morgan fingerprint density at radius 1 is 1.48 bits per heavy atom. The van der Waals surface area contributed by atoms with Crippen molar-refractivity contribution in [2.75, 3.05) is 12.9 Å². The number of carbonyl (C=O) groups excluding carboxylic acids is 1. The van der Waals surface area contributed by atoms with Crippen molar-refractivity contribution < 1.29 is 22.7 Å². The number of rotatable bonds is 6. The van der Waals surface area contributed by atoms with E-state index in [2.05, 4.69) is 5.32 Å². The van der Waals surface area contributed by atoms with Crippen molar-refractivity contribution in [3.8, 4) is 11.5 Å². The molecule has 1 aromatic carbocycles. The first kappa shape index (κ1) is 17.6. The van der Waals surface area contributed by atoms with E-state index in [1.165, 1.54) is 6.92 Å². The Morgan fingerprint density at radius 2 is 2.17 bits per heavy atom. The quantitative estimate of drug-likeness (QED) is 0.847. The van der Waals surface area contributed by atoms with Crippen molar-refractivity contribution in [3.63, 3.8) is 0 Å². The molecular weight excluding hydrogens is 318 g/mol. The second-order valence-corrected chi connectivity index (χ2v) is 8.19. The van der Waals surface area contributed by atoms with Crippen LogP contribution in [-0.4, -0.2) is 38.5 Å². The molecule has 128 valence electrons. The fraction of sp³-hybridized carbons (Fsp3) is 0.562. The highest BCUT2D eigenvalue weighted by molar-refractivity contribution is 7.92. The molecular formula is C16H23NO5S. The Morgan fingerprint density at radius 3 is 2.78 bits per heavy atom. The zero-order valence-electron chi connectivity index (χ0n) is 13.9. The molecule has 0 fully saturated rings. The van der Waals surface area contributed by atoms with Crippen LogP contribution >= 0.6 is 0 Å². The minimum absolute atomic E-state index is 0.120. The zero-order valence-corrected chi connectivity index (χ0v) is 14.7. The molecule has 1 aromatic rings. The summed E-state index contributed by atoms with van der Waals surface area (Å²) in [4.78, 5) is 12.0. The normalized spacial score (nSPS) is 18.0. The number of ether oxygens (including phenoxy) is 2. The Kier molecular flexibility index (Phi) is 5.19. The van der Waals surface area contributed by atoms with E-state index in [9.17, 15) is 13.2 Å². The van der Waals surface area contributed by atoms with Crippen molar-refractivity contribution >= 4 is 15.7 Å². The van der Waals surface area contributed by atoms with E-state index in [0.29, 0.717) is 12.4 Å². The number of hydrogen-bond donors (Lipinski definition) is 1. The second kappa shape index (κ2) is 6.78. The molecule has 2 rings (SSSR count). The first-order valence-electron chi connectivity index (χ1n) is 7.64. The fourth-order valence-corrected chi connectivity index (χ4v) is 2.90. The van der Waals surface area contributed by atoms with Gasteiger partial charge in [-0.25, -0.2) is 8.42 Å². The minimum Gasteiger partial charge on any atom is -0.494 e. The van der Waals surface area contributed by atoms with E-state index >= 15 is 0 Å². The molecule has 23 heavy (non-hydrogen) atoms. The van der Waals surface area contributed by atoms with E-state index < -0.39 is 21.0 Å². The van der Waals surface area contributed by atoms with Gasteiger partial charge in [-0.2, -0.15) is 0 Å². The van der Waals surface area contributed by atoms with Gasteiger partial charge in [0.1, 0.15) is 22.9 Å². The molecule has 0 unspecified atom stereocenters. The molecule has 0 bridgehead atoms. The highest BCUT2D eigenvalue weighted by atomic mass is 32.2. The molecule has 2 atom stereocenters. The molecule has 0 saturated heterocycles. The standard InChI is InChI=1S/C16H23NO5S/c1-5-21-14-7-12-6-10(2)22-15(12)8-13(14)9-17-16(18)11(3)23(4,19)20/h7-8,10-11H,5-6,9H2,1-4H3,(H,17,18)/t10-,11+/m1/s1. The van der Waals surface area contributed by atoms with E-state index in [4.69, 9.17) is 9.47 Å². The number of fused-ring (bicyclic) bond motifs is 1. The third-order valence-electron chi connectivity index (χ3n) is 3.84. The second-order valence-electron chi connectivity index (χ2n) is 5.82. The van der Waals surface area contributed by atoms with Gasteiger partial charge >= 0.3 is 0 Å². The molecule has 0 radical (unpaired) electrons. The highest BCUT2D eigenvalue weighted by Crippen LogP contribution is 2.35. The smallest absolute Gasteiger partial charge is 0.238 e. The number of sulfone groups is 1. The lowest BCUT2D eigenvalue weighted by molar-refractivity contribution is -0.120. The summed E-state index contributed by atoms with van der Waals surface area (Å²) >= 11 is 0. The Hall–Kier alpha value is -1.76. The van der Waals surface area contributed by atoms with Crippen LogP contribution in [0.15, 0.2) is 12.1 Å². The predicted octanol–water partition coefficient (Wildman–Crippen LogP) is 1.46. The van der Waals surface area contributed by atoms with E-state index in [0.717, 1.165) is 29.6 Å². The van der Waals surface area contributed by atoms with Crippen molar-refractivity contribution in [1.29, 1.82) is 0 Å². The van der Waals surface area contributed by atoms with Crippen molar-refractivity contribution in [1.82, 2.24) is 5.32 Å². The highest BCUT2D eigenvalue weighted by Gasteiger charge is 2.25. The number of hydrogen-bond acceptors (Lipinski definition) is 5. The largest absolute Gasteiger partial charge is 0.494 e. The van der Waals surface area contributed by atoms with Gasteiger partial charge in [-0.05, 0) is 32.9 Å². The van der Waals surface area contributed by atoms with Crippen molar-refractivity contribution in [2.45, 2.75) is 45.1 Å². The molecule has 7 heteroatoms. The third-order valence-corrected chi connectivity index (χ3v) is 5.34. The minimum atomic E-state index is -3.41. The molecule has 1 amide bonds. The Labute approximate surface area is 137 Å². The van der Waals surface area contributed by atoms with Crippen LogP contribution in [0.1, 0.15) is 31.9 Å². The first-order chi connectivity index (χ1) is 10.7. The molecule has 1 aliphatic rings. The monoisotopic (exact) mass is 341 g/mol. The van der Waals surface area contributed by atoms with Gasteiger partial charge in [0.25, 0.3) is 0 Å². The third kappa shape index (κ3) is 4.16. The van der Waals surface area contributed by atoms with Gasteiger partial charge < -0.3 is 14.8 Å². The van der Waals surface area contributed by atoms with Crippen LogP contribution in [0.2, 0.25) is 0 Å². The average Bonchev–Trinajstić information content (AvgIpc) is 2.82. The SMILES string of the molecule is CCOc1cc2c(cc1CNC(=O)[C@H](C)S(C)(=O)=O)O[C@H](C)C2. The average molecular weight is 341 g/mol. The molecule has 0 saturated carbocycles. The predicted molar refractivity (Wildman–Crippen MR) is 87.6 cm³/mol. The topological polar surface area (TPSA) is 81.7 Å². The lowest BCUT2D eigenvalue weighted by Gasteiger charge is -2.15. The summed E-state index contributed by atoms with van der Waals surface area (Å²) in [6.45, 7) is 5.96. The zero-order chi connectivity index (χ0) is 17.2. The number of amides is 1. The van der Waals surface area contributed by atoms with E-state index in [1.54, 1.807) is 0 Å².